The molecule has 6 nitrogen and oxygen atoms in total. The van der Waals surface area contributed by atoms with Crippen LogP contribution in [0, 0.1) is 25.7 Å². The van der Waals surface area contributed by atoms with Crippen molar-refractivity contribution in [2.75, 3.05) is 27.3 Å². The molecule has 1 aromatic carbocycles. The van der Waals surface area contributed by atoms with E-state index in [4.69, 9.17) is 9.47 Å². The molecule has 3 atom stereocenters. The standard InChI is InChI=1S/C23H31N3O3/c1-15-7-8-17(10-16(15)2)12-26-13-18-6-5-9-23(27,20(18)14-26)19-11-24-22(29-4)25-21(19)28-3/h7-8,10-11,18,20,27H,5-6,9,12-14H2,1-4H3/t18-,20-,23-/m1/s1. The van der Waals surface area contributed by atoms with Gasteiger partial charge in [0.1, 0.15) is 5.60 Å². The van der Waals surface area contributed by atoms with E-state index >= 15 is 0 Å². The van der Waals surface area contributed by atoms with Gasteiger partial charge in [-0.15, -0.1) is 0 Å². The maximum absolute atomic E-state index is 11.8. The number of hydrogen-bond donors (Lipinski definition) is 1. The van der Waals surface area contributed by atoms with E-state index in [9.17, 15) is 5.11 Å². The molecule has 29 heavy (non-hydrogen) atoms. The fraction of sp³-hybridized carbons (Fsp3) is 0.565. The number of rotatable bonds is 5. The molecule has 1 aromatic heterocycles. The van der Waals surface area contributed by atoms with Crippen molar-refractivity contribution >= 4 is 0 Å². The predicted molar refractivity (Wildman–Crippen MR) is 111 cm³/mol. The molecule has 6 heteroatoms. The summed E-state index contributed by atoms with van der Waals surface area (Å²) in [5.41, 5.74) is 3.70. The number of methoxy groups -OCH3 is 2. The SMILES string of the molecule is COc1ncc([C@]2(O)CCC[C@@H]3CN(Cc4ccc(C)c(C)c4)C[C@H]32)c(OC)n1. The van der Waals surface area contributed by atoms with Crippen molar-refractivity contribution in [2.24, 2.45) is 11.8 Å². The van der Waals surface area contributed by atoms with Crippen LogP contribution < -0.4 is 9.47 Å². The molecule has 0 radical (unpaired) electrons. The lowest BCUT2D eigenvalue weighted by Crippen LogP contribution is -2.43. The summed E-state index contributed by atoms with van der Waals surface area (Å²) in [6, 6.07) is 6.95. The first-order chi connectivity index (χ1) is 13.9. The summed E-state index contributed by atoms with van der Waals surface area (Å²) in [5.74, 6) is 1.02. The van der Waals surface area contributed by atoms with Gasteiger partial charge in [-0.05, 0) is 55.7 Å². The van der Waals surface area contributed by atoms with E-state index in [-0.39, 0.29) is 11.9 Å². The second-order valence-electron chi connectivity index (χ2n) is 8.58. The molecule has 2 aliphatic rings. The van der Waals surface area contributed by atoms with Gasteiger partial charge in [-0.2, -0.15) is 4.98 Å². The smallest absolute Gasteiger partial charge is 0.319 e. The predicted octanol–water partition coefficient (Wildman–Crippen LogP) is 3.23. The molecular formula is C23H31N3O3. The molecule has 0 amide bonds. The quantitative estimate of drug-likeness (QED) is 0.836. The minimum Gasteiger partial charge on any atom is -0.481 e. The Bertz CT molecular complexity index is 888. The van der Waals surface area contributed by atoms with Crippen molar-refractivity contribution in [3.8, 4) is 11.9 Å². The fourth-order valence-corrected chi connectivity index (χ4v) is 5.14. The zero-order valence-electron chi connectivity index (χ0n) is 17.8. The zero-order valence-corrected chi connectivity index (χ0v) is 17.8. The Morgan fingerprint density at radius 2 is 2.00 bits per heavy atom. The minimum absolute atomic E-state index is 0.147. The van der Waals surface area contributed by atoms with E-state index in [2.05, 4.69) is 46.9 Å². The lowest BCUT2D eigenvalue weighted by molar-refractivity contribution is -0.0669. The lowest BCUT2D eigenvalue weighted by Gasteiger charge is -2.41. The van der Waals surface area contributed by atoms with Gasteiger partial charge in [0.15, 0.2) is 0 Å². The molecule has 0 bridgehead atoms. The summed E-state index contributed by atoms with van der Waals surface area (Å²) >= 11 is 0. The Hall–Kier alpha value is -2.18. The van der Waals surface area contributed by atoms with Crippen molar-refractivity contribution in [3.63, 3.8) is 0 Å². The van der Waals surface area contributed by atoms with Crippen molar-refractivity contribution in [1.29, 1.82) is 0 Å². The van der Waals surface area contributed by atoms with E-state index in [0.717, 1.165) is 32.5 Å². The van der Waals surface area contributed by atoms with Gasteiger partial charge in [0, 0.05) is 31.7 Å². The molecule has 1 saturated carbocycles. The minimum atomic E-state index is -0.974. The number of fused-ring (bicyclic) bond motifs is 1. The molecule has 1 saturated heterocycles. The van der Waals surface area contributed by atoms with Gasteiger partial charge >= 0.3 is 6.01 Å². The van der Waals surface area contributed by atoms with E-state index in [1.807, 2.05) is 0 Å². The molecule has 2 aromatic rings. The molecule has 1 aliphatic heterocycles. The fourth-order valence-electron chi connectivity index (χ4n) is 5.14. The maximum atomic E-state index is 11.8. The summed E-state index contributed by atoms with van der Waals surface area (Å²) < 4.78 is 10.6. The van der Waals surface area contributed by atoms with Gasteiger partial charge in [-0.3, -0.25) is 4.90 Å². The number of hydrogen-bond acceptors (Lipinski definition) is 6. The number of aryl methyl sites for hydroxylation is 2. The highest BCUT2D eigenvalue weighted by molar-refractivity contribution is 5.34. The highest BCUT2D eigenvalue weighted by atomic mass is 16.5. The molecule has 156 valence electrons. The molecular weight excluding hydrogens is 366 g/mol. The Labute approximate surface area is 172 Å². The van der Waals surface area contributed by atoms with Gasteiger partial charge in [0.05, 0.1) is 19.8 Å². The number of ether oxygens (including phenoxy) is 2. The molecule has 1 N–H and O–H groups in total. The van der Waals surface area contributed by atoms with E-state index < -0.39 is 5.60 Å². The average molecular weight is 398 g/mol. The Morgan fingerprint density at radius 3 is 2.72 bits per heavy atom. The van der Waals surface area contributed by atoms with Crippen LogP contribution in [-0.4, -0.2) is 47.3 Å². The van der Waals surface area contributed by atoms with Crippen molar-refractivity contribution in [1.82, 2.24) is 14.9 Å². The third-order valence-corrected chi connectivity index (χ3v) is 6.81. The Balaban J connectivity index is 1.58. The lowest BCUT2D eigenvalue weighted by atomic mass is 9.68. The molecule has 2 fully saturated rings. The van der Waals surface area contributed by atoms with E-state index in [1.54, 1.807) is 13.3 Å². The molecule has 2 heterocycles. The summed E-state index contributed by atoms with van der Waals surface area (Å²) in [5, 5.41) is 11.8. The Kier molecular flexibility index (Phi) is 5.49. The van der Waals surface area contributed by atoms with E-state index in [1.165, 1.54) is 23.8 Å². The molecule has 1 aliphatic carbocycles. The normalized spacial score (nSPS) is 26.9. The molecule has 0 spiro atoms. The number of likely N-dealkylation sites (tertiary alicyclic amines) is 1. The van der Waals surface area contributed by atoms with Gasteiger partial charge < -0.3 is 14.6 Å². The highest BCUT2D eigenvalue weighted by Gasteiger charge is 2.51. The first-order valence-corrected chi connectivity index (χ1v) is 10.4. The molecule has 4 rings (SSSR count). The number of aliphatic hydroxyl groups is 1. The number of benzene rings is 1. The summed E-state index contributed by atoms with van der Waals surface area (Å²) in [7, 11) is 3.11. The van der Waals surface area contributed by atoms with Gasteiger partial charge in [-0.1, -0.05) is 18.2 Å². The topological polar surface area (TPSA) is 67.7 Å². The Morgan fingerprint density at radius 1 is 1.17 bits per heavy atom. The second kappa shape index (κ2) is 7.92. The monoisotopic (exact) mass is 397 g/mol. The van der Waals surface area contributed by atoms with Crippen LogP contribution in [0.4, 0.5) is 0 Å². The highest BCUT2D eigenvalue weighted by Crippen LogP contribution is 2.50. The third-order valence-electron chi connectivity index (χ3n) is 6.81. The number of nitrogens with zero attached hydrogens (tertiary/aromatic N) is 3. The van der Waals surface area contributed by atoms with Crippen LogP contribution in [0.3, 0.4) is 0 Å². The summed E-state index contributed by atoms with van der Waals surface area (Å²) in [4.78, 5) is 11.1. The second-order valence-corrected chi connectivity index (χ2v) is 8.58. The van der Waals surface area contributed by atoms with Crippen molar-refractivity contribution in [3.05, 3.63) is 46.6 Å². The largest absolute Gasteiger partial charge is 0.481 e. The summed E-state index contributed by atoms with van der Waals surface area (Å²) in [6.45, 7) is 7.11. The van der Waals surface area contributed by atoms with Crippen LogP contribution in [0.2, 0.25) is 0 Å². The van der Waals surface area contributed by atoms with Crippen LogP contribution in [0.5, 0.6) is 11.9 Å². The van der Waals surface area contributed by atoms with Gasteiger partial charge in [0.25, 0.3) is 0 Å². The van der Waals surface area contributed by atoms with Crippen LogP contribution in [0.25, 0.3) is 0 Å². The van der Waals surface area contributed by atoms with E-state index in [0.29, 0.717) is 23.8 Å². The van der Waals surface area contributed by atoms with Crippen LogP contribution in [0.1, 0.15) is 41.5 Å². The third kappa shape index (κ3) is 3.71. The van der Waals surface area contributed by atoms with Crippen LogP contribution >= 0.6 is 0 Å². The average Bonchev–Trinajstić information content (AvgIpc) is 3.14. The van der Waals surface area contributed by atoms with Crippen LogP contribution in [-0.2, 0) is 12.1 Å². The maximum Gasteiger partial charge on any atom is 0.319 e. The zero-order chi connectivity index (χ0) is 20.6. The van der Waals surface area contributed by atoms with Crippen molar-refractivity contribution < 1.29 is 14.6 Å². The summed E-state index contributed by atoms with van der Waals surface area (Å²) in [6.07, 6.45) is 4.52. The number of aromatic nitrogens is 2. The first-order valence-electron chi connectivity index (χ1n) is 10.4. The van der Waals surface area contributed by atoms with Crippen LogP contribution in [0.15, 0.2) is 24.4 Å². The van der Waals surface area contributed by atoms with Crippen molar-refractivity contribution in [2.45, 2.75) is 45.3 Å². The van der Waals surface area contributed by atoms with Gasteiger partial charge in [-0.25, -0.2) is 4.98 Å². The molecule has 0 unspecified atom stereocenters. The van der Waals surface area contributed by atoms with Gasteiger partial charge in [0.2, 0.25) is 5.88 Å². The first kappa shape index (κ1) is 20.1.